The van der Waals surface area contributed by atoms with Crippen molar-refractivity contribution in [1.29, 1.82) is 0 Å². The Labute approximate surface area is 138 Å². The number of fused-ring (bicyclic) bond motifs is 1. The van der Waals surface area contributed by atoms with E-state index in [4.69, 9.17) is 4.74 Å². The molecule has 0 saturated heterocycles. The number of aliphatic hydroxyl groups excluding tert-OH is 1. The zero-order valence-corrected chi connectivity index (χ0v) is 13.0. The average molecular weight is 321 g/mol. The molecule has 2 heterocycles. The number of rotatable bonds is 3. The SMILES string of the molecule is COc1ccccc1N1CC(O)=C(c2nc3ccccc3[nH]2)C1=O. The Bertz CT molecular complexity index is 941. The third-order valence-corrected chi connectivity index (χ3v) is 4.06. The lowest BCUT2D eigenvalue weighted by Crippen LogP contribution is -2.27. The standard InChI is InChI=1S/C18H15N3O3/c1-24-15-9-5-4-8-13(15)21-10-14(22)16(18(21)23)17-19-11-6-2-3-7-12(11)20-17/h2-9,22H,10H2,1H3,(H,19,20). The molecule has 4 rings (SSSR count). The summed E-state index contributed by atoms with van der Waals surface area (Å²) in [5.74, 6) is 0.627. The summed E-state index contributed by atoms with van der Waals surface area (Å²) in [6.07, 6.45) is 0. The molecule has 2 aromatic carbocycles. The highest BCUT2D eigenvalue weighted by Gasteiger charge is 2.35. The first-order valence-corrected chi connectivity index (χ1v) is 7.51. The Morgan fingerprint density at radius 3 is 2.71 bits per heavy atom. The van der Waals surface area contributed by atoms with Gasteiger partial charge in [-0.15, -0.1) is 0 Å². The van der Waals surface area contributed by atoms with E-state index in [0.717, 1.165) is 11.0 Å². The number of amides is 1. The van der Waals surface area contributed by atoms with Crippen LogP contribution in [0.4, 0.5) is 5.69 Å². The maximum absolute atomic E-state index is 12.9. The van der Waals surface area contributed by atoms with E-state index in [1.807, 2.05) is 36.4 Å². The first kappa shape index (κ1) is 14.3. The van der Waals surface area contributed by atoms with Gasteiger partial charge in [-0.05, 0) is 24.3 Å². The fraction of sp³-hybridized carbons (Fsp3) is 0.111. The van der Waals surface area contributed by atoms with Crippen LogP contribution in [0.5, 0.6) is 5.75 Å². The molecule has 2 N–H and O–H groups in total. The topological polar surface area (TPSA) is 78.5 Å². The number of carbonyl (C=O) groups excluding carboxylic acids is 1. The number of nitrogens with one attached hydrogen (secondary N) is 1. The van der Waals surface area contributed by atoms with Crippen LogP contribution >= 0.6 is 0 Å². The van der Waals surface area contributed by atoms with Crippen LogP contribution in [0.2, 0.25) is 0 Å². The predicted molar refractivity (Wildman–Crippen MR) is 91.0 cm³/mol. The van der Waals surface area contributed by atoms with Gasteiger partial charge in [-0.1, -0.05) is 24.3 Å². The van der Waals surface area contributed by atoms with Crippen LogP contribution in [-0.2, 0) is 4.79 Å². The van der Waals surface area contributed by atoms with Crippen molar-refractivity contribution in [2.24, 2.45) is 0 Å². The Morgan fingerprint density at radius 2 is 1.92 bits per heavy atom. The number of ether oxygens (including phenoxy) is 1. The molecule has 0 atom stereocenters. The molecule has 6 heteroatoms. The van der Waals surface area contributed by atoms with Crippen LogP contribution < -0.4 is 9.64 Å². The van der Waals surface area contributed by atoms with Crippen molar-refractivity contribution in [3.05, 3.63) is 60.1 Å². The van der Waals surface area contributed by atoms with Crippen molar-refractivity contribution in [3.8, 4) is 5.75 Å². The van der Waals surface area contributed by atoms with Gasteiger partial charge in [0.2, 0.25) is 0 Å². The summed E-state index contributed by atoms with van der Waals surface area (Å²) in [4.78, 5) is 21.8. The Morgan fingerprint density at radius 1 is 1.17 bits per heavy atom. The summed E-state index contributed by atoms with van der Waals surface area (Å²) in [5.41, 5.74) is 2.37. The van der Waals surface area contributed by atoms with Gasteiger partial charge in [-0.2, -0.15) is 0 Å². The van der Waals surface area contributed by atoms with E-state index in [9.17, 15) is 9.90 Å². The molecule has 3 aromatic rings. The van der Waals surface area contributed by atoms with Crippen molar-refractivity contribution in [2.75, 3.05) is 18.6 Å². The van der Waals surface area contributed by atoms with E-state index >= 15 is 0 Å². The molecule has 1 aromatic heterocycles. The minimum atomic E-state index is -0.309. The van der Waals surface area contributed by atoms with Crippen molar-refractivity contribution in [2.45, 2.75) is 0 Å². The van der Waals surface area contributed by atoms with Gasteiger partial charge in [0, 0.05) is 0 Å². The number of H-pyrrole nitrogens is 1. The number of nitrogens with zero attached hydrogens (tertiary/aromatic N) is 2. The number of aromatic nitrogens is 2. The molecule has 120 valence electrons. The third-order valence-electron chi connectivity index (χ3n) is 4.06. The minimum Gasteiger partial charge on any atom is -0.509 e. The predicted octanol–water partition coefficient (Wildman–Crippen LogP) is 2.89. The molecule has 1 aliphatic rings. The zero-order chi connectivity index (χ0) is 16.7. The Hall–Kier alpha value is -3.28. The van der Waals surface area contributed by atoms with Gasteiger partial charge in [0.1, 0.15) is 22.9 Å². The summed E-state index contributed by atoms with van der Waals surface area (Å²) in [7, 11) is 1.55. The second-order valence-electron chi connectivity index (χ2n) is 5.49. The fourth-order valence-electron chi connectivity index (χ4n) is 2.92. The molecule has 24 heavy (non-hydrogen) atoms. The van der Waals surface area contributed by atoms with Gasteiger partial charge in [0.05, 0.1) is 30.4 Å². The van der Waals surface area contributed by atoms with Gasteiger partial charge < -0.3 is 14.8 Å². The van der Waals surface area contributed by atoms with Crippen LogP contribution in [0.15, 0.2) is 54.3 Å². The number of hydrogen-bond donors (Lipinski definition) is 2. The number of aromatic amines is 1. The van der Waals surface area contributed by atoms with E-state index in [-0.39, 0.29) is 23.8 Å². The molecular weight excluding hydrogens is 306 g/mol. The van der Waals surface area contributed by atoms with E-state index in [1.54, 1.807) is 19.2 Å². The third kappa shape index (κ3) is 2.11. The summed E-state index contributed by atoms with van der Waals surface area (Å²) in [5, 5.41) is 10.3. The molecular formula is C18H15N3O3. The number of benzene rings is 2. The van der Waals surface area contributed by atoms with Crippen molar-refractivity contribution < 1.29 is 14.6 Å². The largest absolute Gasteiger partial charge is 0.509 e. The number of anilines is 1. The molecule has 1 amide bonds. The fourth-order valence-corrected chi connectivity index (χ4v) is 2.92. The molecule has 0 saturated carbocycles. The summed E-state index contributed by atoms with van der Waals surface area (Å²) < 4.78 is 5.31. The lowest BCUT2D eigenvalue weighted by Gasteiger charge is -2.18. The number of para-hydroxylation sites is 4. The minimum absolute atomic E-state index is 0.00929. The lowest BCUT2D eigenvalue weighted by atomic mass is 10.2. The van der Waals surface area contributed by atoms with E-state index in [0.29, 0.717) is 17.3 Å². The van der Waals surface area contributed by atoms with E-state index in [1.165, 1.54) is 4.90 Å². The summed E-state index contributed by atoms with van der Waals surface area (Å²) in [6.45, 7) is 0.0889. The van der Waals surface area contributed by atoms with Crippen LogP contribution in [0.25, 0.3) is 16.6 Å². The van der Waals surface area contributed by atoms with Crippen LogP contribution in [0.1, 0.15) is 5.82 Å². The monoisotopic (exact) mass is 321 g/mol. The molecule has 0 radical (unpaired) electrons. The van der Waals surface area contributed by atoms with Gasteiger partial charge in [-0.3, -0.25) is 9.69 Å². The van der Waals surface area contributed by atoms with Gasteiger partial charge in [0.25, 0.3) is 5.91 Å². The average Bonchev–Trinajstić information content (AvgIpc) is 3.15. The molecule has 0 unspecified atom stereocenters. The molecule has 0 spiro atoms. The number of carbonyl (C=O) groups is 1. The van der Waals surface area contributed by atoms with Gasteiger partial charge >= 0.3 is 0 Å². The van der Waals surface area contributed by atoms with Crippen LogP contribution in [0, 0.1) is 0 Å². The quantitative estimate of drug-likeness (QED) is 0.777. The summed E-state index contributed by atoms with van der Waals surface area (Å²) >= 11 is 0. The van der Waals surface area contributed by atoms with Gasteiger partial charge in [-0.25, -0.2) is 4.98 Å². The molecule has 0 fully saturated rings. The highest BCUT2D eigenvalue weighted by atomic mass is 16.5. The van der Waals surface area contributed by atoms with Crippen molar-refractivity contribution in [1.82, 2.24) is 9.97 Å². The van der Waals surface area contributed by atoms with E-state index in [2.05, 4.69) is 9.97 Å². The maximum Gasteiger partial charge on any atom is 0.266 e. The highest BCUT2D eigenvalue weighted by Crippen LogP contribution is 2.35. The maximum atomic E-state index is 12.9. The normalized spacial score (nSPS) is 14.7. The number of hydrogen-bond acceptors (Lipinski definition) is 4. The van der Waals surface area contributed by atoms with Crippen molar-refractivity contribution in [3.63, 3.8) is 0 Å². The molecule has 1 aliphatic heterocycles. The van der Waals surface area contributed by atoms with Crippen molar-refractivity contribution >= 4 is 28.2 Å². The summed E-state index contributed by atoms with van der Waals surface area (Å²) in [6, 6.07) is 14.7. The Kier molecular flexibility index (Phi) is 3.23. The molecule has 0 aliphatic carbocycles. The zero-order valence-electron chi connectivity index (χ0n) is 13.0. The number of methoxy groups -OCH3 is 1. The molecule has 0 bridgehead atoms. The molecule has 6 nitrogen and oxygen atoms in total. The first-order chi connectivity index (χ1) is 11.7. The second-order valence-corrected chi connectivity index (χ2v) is 5.49. The number of aliphatic hydroxyl groups is 1. The second kappa shape index (κ2) is 5.42. The van der Waals surface area contributed by atoms with E-state index < -0.39 is 0 Å². The smallest absolute Gasteiger partial charge is 0.266 e. The van der Waals surface area contributed by atoms with Crippen LogP contribution in [0.3, 0.4) is 0 Å². The Balaban J connectivity index is 1.75. The number of imidazole rings is 1. The van der Waals surface area contributed by atoms with Crippen LogP contribution in [-0.4, -0.2) is 34.6 Å². The first-order valence-electron chi connectivity index (χ1n) is 7.51. The highest BCUT2D eigenvalue weighted by molar-refractivity contribution is 6.29. The lowest BCUT2D eigenvalue weighted by molar-refractivity contribution is -0.112. The van der Waals surface area contributed by atoms with Gasteiger partial charge in [0.15, 0.2) is 0 Å².